The maximum atomic E-state index is 13.3. The van der Waals surface area contributed by atoms with Crippen molar-refractivity contribution in [1.82, 2.24) is 0 Å². The molecule has 1 aromatic carbocycles. The highest BCUT2D eigenvalue weighted by atomic mass is 32.2. The largest absolute Gasteiger partial charge is 0.377 e. The molecule has 0 aliphatic rings. The fraction of sp³-hybridized carbons (Fsp3) is 0.455. The molecule has 1 rings (SSSR count). The van der Waals surface area contributed by atoms with Crippen LogP contribution in [0.15, 0.2) is 0 Å². The predicted molar refractivity (Wildman–Crippen MR) is 62.3 cm³/mol. The molecule has 0 saturated carbocycles. The highest BCUT2D eigenvalue weighted by Gasteiger charge is 2.26. The molecule has 0 aromatic heterocycles. The van der Waals surface area contributed by atoms with Crippen molar-refractivity contribution in [2.75, 3.05) is 17.3 Å². The van der Waals surface area contributed by atoms with Crippen molar-refractivity contribution >= 4 is 17.4 Å². The van der Waals surface area contributed by atoms with Gasteiger partial charge in [-0.25, -0.2) is 22.0 Å². The average Bonchev–Trinajstić information content (AvgIpc) is 2.37. The summed E-state index contributed by atoms with van der Waals surface area (Å²) in [5, 5.41) is 2.36. The summed E-state index contributed by atoms with van der Waals surface area (Å²) in [6.07, 6.45) is 2.28. The van der Waals surface area contributed by atoms with Crippen LogP contribution >= 0.6 is 11.8 Å². The van der Waals surface area contributed by atoms with Gasteiger partial charge in [0, 0.05) is 11.8 Å². The topological polar surface area (TPSA) is 12.0 Å². The van der Waals surface area contributed by atoms with Gasteiger partial charge in [0.25, 0.3) is 0 Å². The minimum Gasteiger partial charge on any atom is -0.377 e. The predicted octanol–water partition coefficient (Wildman–Crippen LogP) is 3.94. The molecule has 0 bridgehead atoms. The summed E-state index contributed by atoms with van der Waals surface area (Å²) in [5.41, 5.74) is -0.965. The zero-order valence-electron chi connectivity index (χ0n) is 9.79. The second-order valence-electron chi connectivity index (χ2n) is 3.65. The molecule has 0 amide bonds. The summed E-state index contributed by atoms with van der Waals surface area (Å²) >= 11 is 1.41. The molecule has 1 N–H and O–H groups in total. The third-order valence-electron chi connectivity index (χ3n) is 2.42. The molecule has 0 aliphatic heterocycles. The van der Waals surface area contributed by atoms with Crippen molar-refractivity contribution in [3.8, 4) is 0 Å². The molecule has 1 unspecified atom stereocenters. The molecule has 0 spiro atoms. The standard InChI is InChI=1S/C11H12F5NS/c1-3-5(4-18-2)17-11-9(15)7(13)6(12)8(14)10(11)16/h5,17H,3-4H2,1-2H3. The van der Waals surface area contributed by atoms with Gasteiger partial charge in [0.05, 0.1) is 0 Å². The van der Waals surface area contributed by atoms with E-state index in [1.807, 2.05) is 0 Å². The fourth-order valence-corrected chi connectivity index (χ4v) is 2.12. The van der Waals surface area contributed by atoms with Crippen molar-refractivity contribution in [3.05, 3.63) is 29.1 Å². The lowest BCUT2D eigenvalue weighted by molar-refractivity contribution is 0.380. The van der Waals surface area contributed by atoms with Gasteiger partial charge in [-0.05, 0) is 12.7 Å². The molecular formula is C11H12F5NS. The minimum atomic E-state index is -2.14. The summed E-state index contributed by atoms with van der Waals surface area (Å²) in [7, 11) is 0. The van der Waals surface area contributed by atoms with Gasteiger partial charge in [-0.1, -0.05) is 6.92 Å². The highest BCUT2D eigenvalue weighted by Crippen LogP contribution is 2.28. The smallest absolute Gasteiger partial charge is 0.200 e. The van der Waals surface area contributed by atoms with Gasteiger partial charge in [0.15, 0.2) is 23.3 Å². The Morgan fingerprint density at radius 1 is 0.944 bits per heavy atom. The zero-order valence-corrected chi connectivity index (χ0v) is 10.6. The Labute approximate surface area is 106 Å². The van der Waals surface area contributed by atoms with Crippen molar-refractivity contribution in [2.45, 2.75) is 19.4 Å². The molecule has 0 aliphatic carbocycles. The summed E-state index contributed by atoms with van der Waals surface area (Å²) < 4.78 is 65.4. The van der Waals surface area contributed by atoms with Crippen LogP contribution in [-0.4, -0.2) is 18.1 Å². The minimum absolute atomic E-state index is 0.367. The molecule has 0 fully saturated rings. The van der Waals surface area contributed by atoms with Gasteiger partial charge in [0.1, 0.15) is 5.69 Å². The molecule has 0 heterocycles. The van der Waals surface area contributed by atoms with E-state index in [0.29, 0.717) is 12.2 Å². The Morgan fingerprint density at radius 3 is 1.78 bits per heavy atom. The van der Waals surface area contributed by atoms with Crippen LogP contribution in [0, 0.1) is 29.1 Å². The normalized spacial score (nSPS) is 12.6. The van der Waals surface area contributed by atoms with Crippen LogP contribution in [-0.2, 0) is 0 Å². The maximum absolute atomic E-state index is 13.3. The van der Waals surface area contributed by atoms with Crippen LogP contribution in [0.25, 0.3) is 0 Å². The number of thioether (sulfide) groups is 1. The Bertz CT molecular complexity index is 409. The number of benzene rings is 1. The van der Waals surface area contributed by atoms with Crippen molar-refractivity contribution in [3.63, 3.8) is 0 Å². The Hall–Kier alpha value is -0.980. The first kappa shape index (κ1) is 15.1. The lowest BCUT2D eigenvalue weighted by Crippen LogP contribution is -2.23. The molecule has 7 heteroatoms. The Balaban J connectivity index is 3.16. The maximum Gasteiger partial charge on any atom is 0.200 e. The van der Waals surface area contributed by atoms with Crippen molar-refractivity contribution in [2.24, 2.45) is 0 Å². The van der Waals surface area contributed by atoms with Gasteiger partial charge in [-0.3, -0.25) is 0 Å². The summed E-state index contributed by atoms with van der Waals surface area (Å²) in [5.74, 6) is -9.17. The van der Waals surface area contributed by atoms with Crippen LogP contribution in [0.2, 0.25) is 0 Å². The number of rotatable bonds is 5. The monoisotopic (exact) mass is 285 g/mol. The highest BCUT2D eigenvalue weighted by molar-refractivity contribution is 7.98. The molecule has 18 heavy (non-hydrogen) atoms. The van der Waals surface area contributed by atoms with E-state index in [2.05, 4.69) is 5.32 Å². The molecular weight excluding hydrogens is 273 g/mol. The third-order valence-corrected chi connectivity index (χ3v) is 3.15. The first-order valence-electron chi connectivity index (χ1n) is 5.20. The fourth-order valence-electron chi connectivity index (χ4n) is 1.40. The first-order chi connectivity index (χ1) is 8.43. The van der Waals surface area contributed by atoms with Crippen LogP contribution in [0.1, 0.15) is 13.3 Å². The van der Waals surface area contributed by atoms with Crippen molar-refractivity contribution < 1.29 is 22.0 Å². The van der Waals surface area contributed by atoms with E-state index in [1.54, 1.807) is 13.2 Å². The van der Waals surface area contributed by atoms with Crippen LogP contribution in [0.3, 0.4) is 0 Å². The van der Waals surface area contributed by atoms with Gasteiger partial charge in [-0.15, -0.1) is 0 Å². The van der Waals surface area contributed by atoms with E-state index >= 15 is 0 Å². The molecule has 0 radical (unpaired) electrons. The number of anilines is 1. The van der Waals surface area contributed by atoms with E-state index in [9.17, 15) is 22.0 Å². The van der Waals surface area contributed by atoms with Crippen LogP contribution < -0.4 is 5.32 Å². The van der Waals surface area contributed by atoms with Crippen molar-refractivity contribution in [1.29, 1.82) is 0 Å². The molecule has 1 atom stereocenters. The number of nitrogens with one attached hydrogen (secondary N) is 1. The molecule has 102 valence electrons. The number of hydrogen-bond donors (Lipinski definition) is 1. The lowest BCUT2D eigenvalue weighted by atomic mass is 10.2. The van der Waals surface area contributed by atoms with E-state index < -0.39 is 34.8 Å². The molecule has 1 aromatic rings. The quantitative estimate of drug-likeness (QED) is 0.499. The van der Waals surface area contributed by atoms with Crippen LogP contribution in [0.4, 0.5) is 27.6 Å². The summed E-state index contributed by atoms with van der Waals surface area (Å²) in [6, 6.07) is -0.367. The Morgan fingerprint density at radius 2 is 1.39 bits per heavy atom. The number of hydrogen-bond acceptors (Lipinski definition) is 2. The van der Waals surface area contributed by atoms with E-state index in [0.717, 1.165) is 0 Å². The average molecular weight is 285 g/mol. The van der Waals surface area contributed by atoms with E-state index in [4.69, 9.17) is 0 Å². The number of halogens is 5. The van der Waals surface area contributed by atoms with Gasteiger partial charge >= 0.3 is 0 Å². The summed E-state index contributed by atoms with van der Waals surface area (Å²) in [6.45, 7) is 1.75. The zero-order chi connectivity index (χ0) is 13.9. The van der Waals surface area contributed by atoms with Gasteiger partial charge in [0.2, 0.25) is 5.82 Å². The van der Waals surface area contributed by atoms with Gasteiger partial charge in [-0.2, -0.15) is 11.8 Å². The van der Waals surface area contributed by atoms with Crippen LogP contribution in [0.5, 0.6) is 0 Å². The Kier molecular flexibility index (Phi) is 5.25. The molecule has 0 saturated heterocycles. The first-order valence-corrected chi connectivity index (χ1v) is 6.60. The second-order valence-corrected chi connectivity index (χ2v) is 4.56. The lowest BCUT2D eigenvalue weighted by Gasteiger charge is -2.18. The SMILES string of the molecule is CCC(CSC)Nc1c(F)c(F)c(F)c(F)c1F. The molecule has 1 nitrogen and oxygen atoms in total. The van der Waals surface area contributed by atoms with E-state index in [1.165, 1.54) is 11.8 Å². The second kappa shape index (κ2) is 6.26. The summed E-state index contributed by atoms with van der Waals surface area (Å²) in [4.78, 5) is 0. The van der Waals surface area contributed by atoms with E-state index in [-0.39, 0.29) is 6.04 Å². The third kappa shape index (κ3) is 2.88. The van der Waals surface area contributed by atoms with Gasteiger partial charge < -0.3 is 5.32 Å².